The summed E-state index contributed by atoms with van der Waals surface area (Å²) < 4.78 is 11.8. The maximum absolute atomic E-state index is 13.3. The van der Waals surface area contributed by atoms with E-state index in [1.807, 2.05) is 11.8 Å². The van der Waals surface area contributed by atoms with Gasteiger partial charge in [-0.15, -0.1) is 0 Å². The molecule has 1 aliphatic carbocycles. The number of benzene rings is 1. The molecule has 1 aromatic rings. The van der Waals surface area contributed by atoms with Crippen LogP contribution in [0.2, 0.25) is 0 Å². The molecule has 2 aliphatic rings. The number of ether oxygens (including phenoxy) is 2. The van der Waals surface area contributed by atoms with Crippen LogP contribution in [0.25, 0.3) is 0 Å². The zero-order valence-electron chi connectivity index (χ0n) is 20.4. The molecule has 3 amide bonds. The first-order valence-electron chi connectivity index (χ1n) is 11.9. The zero-order chi connectivity index (χ0) is 24.1. The van der Waals surface area contributed by atoms with Crippen LogP contribution in [0, 0.1) is 11.8 Å². The molecule has 1 heterocycles. The van der Waals surface area contributed by atoms with Crippen molar-refractivity contribution in [3.05, 3.63) is 23.8 Å². The van der Waals surface area contributed by atoms with Gasteiger partial charge in [0.2, 0.25) is 11.8 Å². The number of amides is 3. The molecule has 0 unspecified atom stereocenters. The van der Waals surface area contributed by atoms with E-state index in [1.165, 1.54) is 0 Å². The average Bonchev–Trinajstić information content (AvgIpc) is 2.76. The van der Waals surface area contributed by atoms with Crippen LogP contribution in [0.4, 0.5) is 5.69 Å². The lowest BCUT2D eigenvalue weighted by molar-refractivity contribution is -0.142. The number of nitrogens with zero attached hydrogens (tertiary/aromatic N) is 2. The number of fused-ring (bicyclic) bond motifs is 1. The van der Waals surface area contributed by atoms with Crippen molar-refractivity contribution in [3.8, 4) is 5.75 Å². The van der Waals surface area contributed by atoms with Crippen molar-refractivity contribution in [2.45, 2.75) is 58.6 Å². The minimum atomic E-state index is -0.227. The van der Waals surface area contributed by atoms with Crippen molar-refractivity contribution >= 4 is 23.4 Å². The van der Waals surface area contributed by atoms with Crippen molar-refractivity contribution in [3.63, 3.8) is 0 Å². The number of carbonyl (C=O) groups is 3. The van der Waals surface area contributed by atoms with Crippen molar-refractivity contribution in [1.29, 1.82) is 0 Å². The van der Waals surface area contributed by atoms with Crippen molar-refractivity contribution in [2.24, 2.45) is 11.8 Å². The van der Waals surface area contributed by atoms with Crippen molar-refractivity contribution in [1.82, 2.24) is 9.80 Å². The van der Waals surface area contributed by atoms with E-state index < -0.39 is 0 Å². The van der Waals surface area contributed by atoms with Crippen LogP contribution < -0.4 is 10.1 Å². The second kappa shape index (κ2) is 11.0. The Labute approximate surface area is 196 Å². The Balaban J connectivity index is 1.94. The number of rotatable bonds is 4. The van der Waals surface area contributed by atoms with E-state index in [9.17, 15) is 14.4 Å². The van der Waals surface area contributed by atoms with Gasteiger partial charge in [0.15, 0.2) is 0 Å². The highest BCUT2D eigenvalue weighted by Crippen LogP contribution is 2.31. The van der Waals surface area contributed by atoms with Crippen LogP contribution in [0.3, 0.4) is 0 Å². The number of likely N-dealkylation sites (N-methyl/N-ethyl adjacent to an activating group) is 1. The van der Waals surface area contributed by atoms with Gasteiger partial charge in [-0.05, 0) is 38.0 Å². The first-order chi connectivity index (χ1) is 15.7. The SMILES string of the molecule is CCC(=O)Nc1ccc2c(c1)C(=O)N(C)C[C@H](OC)[C@@H](C)CN(C(=O)C1CCC1)[C@H](C)CO2. The van der Waals surface area contributed by atoms with E-state index in [-0.39, 0.29) is 48.3 Å². The zero-order valence-corrected chi connectivity index (χ0v) is 20.4. The van der Waals surface area contributed by atoms with E-state index in [2.05, 4.69) is 12.2 Å². The van der Waals surface area contributed by atoms with Gasteiger partial charge in [0.1, 0.15) is 12.4 Å². The first-order valence-corrected chi connectivity index (χ1v) is 11.9. The Morgan fingerprint density at radius 3 is 2.55 bits per heavy atom. The van der Waals surface area contributed by atoms with Gasteiger partial charge in [-0.3, -0.25) is 14.4 Å². The van der Waals surface area contributed by atoms with E-state index in [1.54, 1.807) is 44.2 Å². The number of hydrogen-bond donors (Lipinski definition) is 1. The highest BCUT2D eigenvalue weighted by atomic mass is 16.5. The molecule has 1 saturated carbocycles. The number of carbonyl (C=O) groups excluding carboxylic acids is 3. The maximum Gasteiger partial charge on any atom is 0.257 e. The van der Waals surface area contributed by atoms with Gasteiger partial charge >= 0.3 is 0 Å². The number of hydrogen-bond acceptors (Lipinski definition) is 5. The van der Waals surface area contributed by atoms with E-state index in [0.717, 1.165) is 19.3 Å². The second-order valence-corrected chi connectivity index (χ2v) is 9.33. The molecule has 3 rings (SSSR count). The molecule has 0 aromatic heterocycles. The van der Waals surface area contributed by atoms with E-state index in [4.69, 9.17) is 9.47 Å². The Bertz CT molecular complexity index is 870. The summed E-state index contributed by atoms with van der Waals surface area (Å²) >= 11 is 0. The fourth-order valence-electron chi connectivity index (χ4n) is 4.30. The summed E-state index contributed by atoms with van der Waals surface area (Å²) in [6.45, 7) is 7.01. The largest absolute Gasteiger partial charge is 0.491 e. The lowest BCUT2D eigenvalue weighted by atomic mass is 9.83. The maximum atomic E-state index is 13.3. The van der Waals surface area contributed by atoms with Gasteiger partial charge in [-0.1, -0.05) is 20.3 Å². The number of anilines is 1. The molecular weight excluding hydrogens is 422 g/mol. The van der Waals surface area contributed by atoms with Crippen molar-refractivity contribution in [2.75, 3.05) is 39.2 Å². The molecule has 0 radical (unpaired) electrons. The van der Waals surface area contributed by atoms with Gasteiger partial charge in [0.25, 0.3) is 5.91 Å². The lowest BCUT2D eigenvalue weighted by Crippen LogP contribution is -2.51. The molecule has 1 fully saturated rings. The third-order valence-electron chi connectivity index (χ3n) is 6.79. The highest BCUT2D eigenvalue weighted by Gasteiger charge is 2.35. The van der Waals surface area contributed by atoms with Crippen LogP contribution in [-0.4, -0.2) is 73.5 Å². The van der Waals surface area contributed by atoms with E-state index >= 15 is 0 Å². The Hall–Kier alpha value is -2.61. The highest BCUT2D eigenvalue weighted by molar-refractivity contribution is 5.99. The van der Waals surface area contributed by atoms with Crippen LogP contribution in [0.5, 0.6) is 5.75 Å². The minimum absolute atomic E-state index is 0.0331. The summed E-state index contributed by atoms with van der Waals surface area (Å²) in [6.07, 6.45) is 3.10. The van der Waals surface area contributed by atoms with Gasteiger partial charge in [0.05, 0.1) is 17.7 Å². The summed E-state index contributed by atoms with van der Waals surface area (Å²) in [6, 6.07) is 4.94. The van der Waals surface area contributed by atoms with Crippen LogP contribution in [-0.2, 0) is 14.3 Å². The molecule has 1 aromatic carbocycles. The molecule has 33 heavy (non-hydrogen) atoms. The summed E-state index contributed by atoms with van der Waals surface area (Å²) in [5.74, 6) is 0.408. The quantitative estimate of drug-likeness (QED) is 0.747. The molecule has 3 atom stereocenters. The summed E-state index contributed by atoms with van der Waals surface area (Å²) in [7, 11) is 3.37. The molecule has 1 aliphatic heterocycles. The molecule has 0 bridgehead atoms. The standard InChI is InChI=1S/C25H37N3O5/c1-6-23(29)26-19-10-11-21-20(12-19)25(31)27(4)14-22(32-5)16(2)13-28(17(3)15-33-21)24(30)18-8-7-9-18/h10-12,16-18,22H,6-9,13-15H2,1-5H3,(H,26,29)/t16-,17+,22-/m0/s1. The summed E-state index contributed by atoms with van der Waals surface area (Å²) in [5.41, 5.74) is 0.920. The Morgan fingerprint density at radius 1 is 1.21 bits per heavy atom. The minimum Gasteiger partial charge on any atom is -0.491 e. The molecule has 182 valence electrons. The monoisotopic (exact) mass is 459 g/mol. The van der Waals surface area contributed by atoms with Gasteiger partial charge in [0, 0.05) is 51.2 Å². The molecule has 0 spiro atoms. The topological polar surface area (TPSA) is 88.2 Å². The average molecular weight is 460 g/mol. The first kappa shape index (κ1) is 25.0. The smallest absolute Gasteiger partial charge is 0.257 e. The van der Waals surface area contributed by atoms with Crippen molar-refractivity contribution < 1.29 is 23.9 Å². The Morgan fingerprint density at radius 2 is 1.94 bits per heavy atom. The molecule has 8 heteroatoms. The summed E-state index contributed by atoms with van der Waals surface area (Å²) in [4.78, 5) is 41.9. The normalized spacial score (nSPS) is 24.6. The lowest BCUT2D eigenvalue weighted by Gasteiger charge is -2.39. The van der Waals surface area contributed by atoms with Crippen LogP contribution >= 0.6 is 0 Å². The molecule has 0 saturated heterocycles. The third kappa shape index (κ3) is 5.85. The molecule has 1 N–H and O–H groups in total. The third-order valence-corrected chi connectivity index (χ3v) is 6.79. The fourth-order valence-corrected chi connectivity index (χ4v) is 4.30. The second-order valence-electron chi connectivity index (χ2n) is 9.33. The van der Waals surface area contributed by atoms with Crippen LogP contribution in [0.15, 0.2) is 18.2 Å². The van der Waals surface area contributed by atoms with Gasteiger partial charge in [-0.2, -0.15) is 0 Å². The molecule has 8 nitrogen and oxygen atoms in total. The number of nitrogens with one attached hydrogen (secondary N) is 1. The van der Waals surface area contributed by atoms with E-state index in [0.29, 0.717) is 36.5 Å². The fraction of sp³-hybridized carbons (Fsp3) is 0.640. The number of methoxy groups -OCH3 is 1. The van der Waals surface area contributed by atoms with Gasteiger partial charge < -0.3 is 24.6 Å². The predicted molar refractivity (Wildman–Crippen MR) is 126 cm³/mol. The predicted octanol–water partition coefficient (Wildman–Crippen LogP) is 3.17. The van der Waals surface area contributed by atoms with Crippen LogP contribution in [0.1, 0.15) is 56.8 Å². The Kier molecular flexibility index (Phi) is 8.35. The van der Waals surface area contributed by atoms with Gasteiger partial charge in [-0.25, -0.2) is 0 Å². The summed E-state index contributed by atoms with van der Waals surface area (Å²) in [5, 5.41) is 2.80. The molecular formula is C25H37N3O5.